The fraction of sp³-hybridized carbons (Fsp3) is 0.562. The zero-order chi connectivity index (χ0) is 13.5. The average Bonchev–Trinajstić information content (AvgIpc) is 2.45. The van der Waals surface area contributed by atoms with Gasteiger partial charge in [-0.2, -0.15) is 0 Å². The van der Waals surface area contributed by atoms with Crippen LogP contribution >= 0.6 is 0 Å². The van der Waals surface area contributed by atoms with E-state index in [-0.39, 0.29) is 5.91 Å². The van der Waals surface area contributed by atoms with Gasteiger partial charge < -0.3 is 10.6 Å². The Bertz CT molecular complexity index is 391. The molecule has 104 valence electrons. The average molecular weight is 260 g/mol. The summed E-state index contributed by atoms with van der Waals surface area (Å²) >= 11 is 0. The monoisotopic (exact) mass is 260 g/mol. The molecule has 1 fully saturated rings. The maximum absolute atomic E-state index is 11.8. The fourth-order valence-electron chi connectivity index (χ4n) is 2.70. The van der Waals surface area contributed by atoms with Crippen molar-refractivity contribution in [3.8, 4) is 0 Å². The SMILES string of the molecule is CC1CCCCC1NCC(=O)NCc1ccccc1. The van der Waals surface area contributed by atoms with Gasteiger partial charge in [-0.05, 0) is 24.3 Å². The molecule has 2 rings (SSSR count). The molecule has 0 aromatic heterocycles. The summed E-state index contributed by atoms with van der Waals surface area (Å²) < 4.78 is 0. The van der Waals surface area contributed by atoms with E-state index in [0.717, 1.165) is 5.56 Å². The predicted molar refractivity (Wildman–Crippen MR) is 77.7 cm³/mol. The quantitative estimate of drug-likeness (QED) is 0.854. The van der Waals surface area contributed by atoms with Gasteiger partial charge in [-0.15, -0.1) is 0 Å². The zero-order valence-corrected chi connectivity index (χ0v) is 11.7. The van der Waals surface area contributed by atoms with Crippen molar-refractivity contribution in [3.05, 3.63) is 35.9 Å². The van der Waals surface area contributed by atoms with Crippen molar-refractivity contribution in [1.82, 2.24) is 10.6 Å². The van der Waals surface area contributed by atoms with Gasteiger partial charge in [0.1, 0.15) is 0 Å². The molecule has 1 saturated carbocycles. The number of rotatable bonds is 5. The minimum atomic E-state index is 0.0848. The van der Waals surface area contributed by atoms with E-state index >= 15 is 0 Å². The van der Waals surface area contributed by atoms with Crippen LogP contribution in [0.1, 0.15) is 38.2 Å². The molecule has 1 aromatic rings. The second-order valence-electron chi connectivity index (χ2n) is 5.51. The minimum Gasteiger partial charge on any atom is -0.351 e. The van der Waals surface area contributed by atoms with Gasteiger partial charge in [0.2, 0.25) is 5.91 Å². The third kappa shape index (κ3) is 4.67. The number of amides is 1. The molecular weight excluding hydrogens is 236 g/mol. The van der Waals surface area contributed by atoms with E-state index in [1.807, 2.05) is 30.3 Å². The van der Waals surface area contributed by atoms with Crippen LogP contribution < -0.4 is 10.6 Å². The normalized spacial score (nSPS) is 23.0. The highest BCUT2D eigenvalue weighted by atomic mass is 16.1. The fourth-order valence-corrected chi connectivity index (χ4v) is 2.70. The standard InChI is InChI=1S/C16H24N2O/c1-13-7-5-6-10-15(13)17-12-16(19)18-11-14-8-3-2-4-9-14/h2-4,8-9,13,15,17H,5-7,10-12H2,1H3,(H,18,19). The van der Waals surface area contributed by atoms with Gasteiger partial charge >= 0.3 is 0 Å². The van der Waals surface area contributed by atoms with Crippen molar-refractivity contribution in [2.24, 2.45) is 5.92 Å². The molecule has 0 radical (unpaired) electrons. The summed E-state index contributed by atoms with van der Waals surface area (Å²) in [5.74, 6) is 0.775. The Morgan fingerprint density at radius 1 is 1.21 bits per heavy atom. The van der Waals surface area contributed by atoms with Gasteiger partial charge in [-0.25, -0.2) is 0 Å². The molecule has 19 heavy (non-hydrogen) atoms. The molecule has 1 amide bonds. The van der Waals surface area contributed by atoms with E-state index < -0.39 is 0 Å². The molecule has 0 bridgehead atoms. The molecule has 2 atom stereocenters. The molecule has 3 nitrogen and oxygen atoms in total. The lowest BCUT2D eigenvalue weighted by Crippen LogP contribution is -2.43. The molecule has 0 saturated heterocycles. The lowest BCUT2D eigenvalue weighted by atomic mass is 9.86. The topological polar surface area (TPSA) is 41.1 Å². The summed E-state index contributed by atoms with van der Waals surface area (Å²) in [6, 6.07) is 10.5. The van der Waals surface area contributed by atoms with Crippen molar-refractivity contribution < 1.29 is 4.79 Å². The number of benzene rings is 1. The van der Waals surface area contributed by atoms with Crippen molar-refractivity contribution in [2.45, 2.75) is 45.2 Å². The maximum atomic E-state index is 11.8. The van der Waals surface area contributed by atoms with Crippen LogP contribution in [0.2, 0.25) is 0 Å². The highest BCUT2D eigenvalue weighted by Gasteiger charge is 2.21. The highest BCUT2D eigenvalue weighted by Crippen LogP contribution is 2.23. The Morgan fingerprint density at radius 2 is 1.95 bits per heavy atom. The maximum Gasteiger partial charge on any atom is 0.234 e. The molecule has 1 aliphatic rings. The van der Waals surface area contributed by atoms with E-state index in [9.17, 15) is 4.79 Å². The number of hydrogen-bond acceptors (Lipinski definition) is 2. The van der Waals surface area contributed by atoms with Gasteiger partial charge in [0.15, 0.2) is 0 Å². The summed E-state index contributed by atoms with van der Waals surface area (Å²) in [4.78, 5) is 11.8. The largest absolute Gasteiger partial charge is 0.351 e. The summed E-state index contributed by atoms with van der Waals surface area (Å²) in [6.07, 6.45) is 5.10. The van der Waals surface area contributed by atoms with Gasteiger partial charge in [0, 0.05) is 12.6 Å². The van der Waals surface area contributed by atoms with E-state index in [4.69, 9.17) is 0 Å². The van der Waals surface area contributed by atoms with Crippen molar-refractivity contribution in [1.29, 1.82) is 0 Å². The molecule has 1 aromatic carbocycles. The third-order valence-corrected chi connectivity index (χ3v) is 3.97. The first kappa shape index (κ1) is 14.1. The van der Waals surface area contributed by atoms with E-state index in [1.54, 1.807) is 0 Å². The summed E-state index contributed by atoms with van der Waals surface area (Å²) in [5, 5.41) is 6.35. The Labute approximate surface area is 115 Å². The first-order valence-electron chi connectivity index (χ1n) is 7.29. The first-order chi connectivity index (χ1) is 9.25. The summed E-state index contributed by atoms with van der Waals surface area (Å²) in [5.41, 5.74) is 1.14. The number of hydrogen-bond donors (Lipinski definition) is 2. The van der Waals surface area contributed by atoms with E-state index in [2.05, 4.69) is 17.6 Å². The van der Waals surface area contributed by atoms with Crippen LogP contribution in [-0.4, -0.2) is 18.5 Å². The second-order valence-corrected chi connectivity index (χ2v) is 5.51. The van der Waals surface area contributed by atoms with Gasteiger partial charge in [-0.3, -0.25) is 4.79 Å². The number of carbonyl (C=O) groups excluding carboxylic acids is 1. The summed E-state index contributed by atoms with van der Waals surface area (Å²) in [6.45, 7) is 3.32. The summed E-state index contributed by atoms with van der Waals surface area (Å²) in [7, 11) is 0. The molecule has 2 N–H and O–H groups in total. The van der Waals surface area contributed by atoms with Crippen molar-refractivity contribution in [3.63, 3.8) is 0 Å². The Hall–Kier alpha value is -1.35. The lowest BCUT2D eigenvalue weighted by molar-refractivity contribution is -0.120. The third-order valence-electron chi connectivity index (χ3n) is 3.97. The van der Waals surface area contributed by atoms with Gasteiger partial charge in [-0.1, -0.05) is 50.1 Å². The van der Waals surface area contributed by atoms with Gasteiger partial charge in [0.25, 0.3) is 0 Å². The van der Waals surface area contributed by atoms with Crippen LogP contribution in [0, 0.1) is 5.92 Å². The van der Waals surface area contributed by atoms with E-state index in [0.29, 0.717) is 25.0 Å². The Morgan fingerprint density at radius 3 is 2.68 bits per heavy atom. The van der Waals surface area contributed by atoms with Gasteiger partial charge in [0.05, 0.1) is 6.54 Å². The second kappa shape index (κ2) is 7.29. The van der Waals surface area contributed by atoms with Crippen LogP contribution in [0.5, 0.6) is 0 Å². The lowest BCUT2D eigenvalue weighted by Gasteiger charge is -2.29. The zero-order valence-electron chi connectivity index (χ0n) is 11.7. The Kier molecular flexibility index (Phi) is 5.40. The minimum absolute atomic E-state index is 0.0848. The van der Waals surface area contributed by atoms with E-state index in [1.165, 1.54) is 25.7 Å². The van der Waals surface area contributed by atoms with Crippen LogP contribution in [0.3, 0.4) is 0 Å². The van der Waals surface area contributed by atoms with Crippen molar-refractivity contribution in [2.75, 3.05) is 6.54 Å². The van der Waals surface area contributed by atoms with Crippen molar-refractivity contribution >= 4 is 5.91 Å². The Balaban J connectivity index is 1.67. The predicted octanol–water partition coefficient (Wildman–Crippen LogP) is 2.47. The highest BCUT2D eigenvalue weighted by molar-refractivity contribution is 5.78. The molecule has 3 heteroatoms. The molecular formula is C16H24N2O. The molecule has 0 aliphatic heterocycles. The first-order valence-corrected chi connectivity index (χ1v) is 7.29. The molecule has 2 unspecified atom stereocenters. The van der Waals surface area contributed by atoms with Crippen LogP contribution in [0.15, 0.2) is 30.3 Å². The van der Waals surface area contributed by atoms with Crippen LogP contribution in [-0.2, 0) is 11.3 Å². The van der Waals surface area contributed by atoms with Crippen LogP contribution in [0.4, 0.5) is 0 Å². The van der Waals surface area contributed by atoms with Crippen LogP contribution in [0.25, 0.3) is 0 Å². The number of nitrogens with one attached hydrogen (secondary N) is 2. The number of carbonyl (C=O) groups is 1. The smallest absolute Gasteiger partial charge is 0.234 e. The molecule has 1 aliphatic carbocycles. The molecule has 0 heterocycles. The molecule has 0 spiro atoms.